The summed E-state index contributed by atoms with van der Waals surface area (Å²) < 4.78 is 0. The second kappa shape index (κ2) is 5.04. The van der Waals surface area contributed by atoms with Gasteiger partial charge in [0.05, 0.1) is 0 Å². The van der Waals surface area contributed by atoms with Gasteiger partial charge >= 0.3 is 0 Å². The van der Waals surface area contributed by atoms with Crippen LogP contribution in [0.15, 0.2) is 6.07 Å². The predicted molar refractivity (Wildman–Crippen MR) is 85.4 cm³/mol. The van der Waals surface area contributed by atoms with E-state index in [1.54, 1.807) is 0 Å². The number of hydrogen-bond donors (Lipinski definition) is 2. The van der Waals surface area contributed by atoms with Gasteiger partial charge in [0.1, 0.15) is 11.6 Å². The molecule has 2 heterocycles. The van der Waals surface area contributed by atoms with Crippen LogP contribution in [0.4, 0.5) is 17.6 Å². The Kier molecular flexibility index (Phi) is 3.16. The molecule has 1 aromatic rings. The molecule has 2 saturated carbocycles. The van der Waals surface area contributed by atoms with E-state index in [0.717, 1.165) is 17.6 Å². The van der Waals surface area contributed by atoms with Crippen molar-refractivity contribution in [1.29, 1.82) is 0 Å². The summed E-state index contributed by atoms with van der Waals surface area (Å²) in [6, 6.07) is 3.89. The average molecular weight is 287 g/mol. The van der Waals surface area contributed by atoms with Gasteiger partial charge in [0.2, 0.25) is 5.95 Å². The molecule has 0 radical (unpaired) electrons. The van der Waals surface area contributed by atoms with E-state index >= 15 is 0 Å². The largest absolute Gasteiger partial charge is 0.368 e. The molecule has 3 N–H and O–H groups in total. The third-order valence-electron chi connectivity index (χ3n) is 5.27. The van der Waals surface area contributed by atoms with Crippen molar-refractivity contribution in [2.45, 2.75) is 70.0 Å². The first-order valence-electron chi connectivity index (χ1n) is 8.40. The van der Waals surface area contributed by atoms with E-state index in [9.17, 15) is 0 Å². The minimum Gasteiger partial charge on any atom is -0.368 e. The number of anilines is 3. The Morgan fingerprint density at radius 2 is 2.00 bits per heavy atom. The lowest BCUT2D eigenvalue weighted by Gasteiger charge is -2.34. The number of nitrogens with zero attached hydrogens (tertiary/aromatic N) is 3. The fourth-order valence-corrected chi connectivity index (χ4v) is 4.20. The predicted octanol–water partition coefficient (Wildman–Crippen LogP) is 2.79. The first kappa shape index (κ1) is 13.2. The normalized spacial score (nSPS) is 32.0. The maximum Gasteiger partial charge on any atom is 0.223 e. The number of hydrogen-bond acceptors (Lipinski definition) is 5. The van der Waals surface area contributed by atoms with Crippen LogP contribution < -0.4 is 16.0 Å². The van der Waals surface area contributed by atoms with Crippen molar-refractivity contribution in [3.8, 4) is 0 Å². The van der Waals surface area contributed by atoms with Crippen LogP contribution in [-0.4, -0.2) is 28.1 Å². The number of fused-ring (bicyclic) bond motifs is 1. The minimum absolute atomic E-state index is 0.391. The maximum absolute atomic E-state index is 5.95. The minimum atomic E-state index is 0.391. The molecule has 114 valence electrons. The molecule has 1 saturated heterocycles. The van der Waals surface area contributed by atoms with Crippen LogP contribution in [0, 0.1) is 5.92 Å². The highest BCUT2D eigenvalue weighted by atomic mass is 15.3. The smallest absolute Gasteiger partial charge is 0.223 e. The number of nitrogens with two attached hydrogens (primary N) is 1. The lowest BCUT2D eigenvalue weighted by molar-refractivity contribution is 0.341. The van der Waals surface area contributed by atoms with Crippen LogP contribution >= 0.6 is 0 Å². The number of nitrogen functional groups attached to an aromatic ring is 1. The summed E-state index contributed by atoms with van der Waals surface area (Å²) in [6.45, 7) is 2.32. The molecule has 5 heteroatoms. The Balaban J connectivity index is 1.63. The molecule has 2 aliphatic carbocycles. The third kappa shape index (κ3) is 2.54. The molecule has 3 unspecified atom stereocenters. The molecule has 5 nitrogen and oxygen atoms in total. The highest BCUT2D eigenvalue weighted by molar-refractivity contribution is 5.55. The van der Waals surface area contributed by atoms with Crippen molar-refractivity contribution in [3.63, 3.8) is 0 Å². The summed E-state index contributed by atoms with van der Waals surface area (Å²) in [4.78, 5) is 11.4. The molecule has 0 amide bonds. The number of aromatic nitrogens is 2. The zero-order valence-corrected chi connectivity index (χ0v) is 12.8. The third-order valence-corrected chi connectivity index (χ3v) is 5.27. The van der Waals surface area contributed by atoms with Crippen LogP contribution in [0.25, 0.3) is 0 Å². The summed E-state index contributed by atoms with van der Waals surface area (Å²) in [5.74, 6) is 3.14. The highest BCUT2D eigenvalue weighted by Crippen LogP contribution is 2.42. The Morgan fingerprint density at radius 3 is 2.81 bits per heavy atom. The second-order valence-corrected chi connectivity index (χ2v) is 6.99. The molecular formula is C16H25N5. The lowest BCUT2D eigenvalue weighted by Crippen LogP contribution is -2.38. The van der Waals surface area contributed by atoms with E-state index in [2.05, 4.69) is 33.2 Å². The first-order chi connectivity index (χ1) is 10.2. The Morgan fingerprint density at radius 1 is 1.19 bits per heavy atom. The fourth-order valence-electron chi connectivity index (χ4n) is 4.20. The van der Waals surface area contributed by atoms with Crippen molar-refractivity contribution < 1.29 is 0 Å². The van der Waals surface area contributed by atoms with Gasteiger partial charge < -0.3 is 16.0 Å². The molecule has 0 spiro atoms. The second-order valence-electron chi connectivity index (χ2n) is 6.99. The SMILES string of the molecule is CC1CC2CCCCC2N1c1cc(NC2CC2)nc(N)n1. The molecular weight excluding hydrogens is 262 g/mol. The molecule has 3 aliphatic rings. The van der Waals surface area contributed by atoms with E-state index in [4.69, 9.17) is 5.73 Å². The van der Waals surface area contributed by atoms with E-state index in [0.29, 0.717) is 24.1 Å². The number of nitrogens with one attached hydrogen (secondary N) is 1. The van der Waals surface area contributed by atoms with E-state index in [-0.39, 0.29) is 0 Å². The Hall–Kier alpha value is -1.52. The van der Waals surface area contributed by atoms with Gasteiger partial charge in [-0.2, -0.15) is 9.97 Å². The summed E-state index contributed by atoms with van der Waals surface area (Å²) >= 11 is 0. The molecule has 1 aliphatic heterocycles. The zero-order chi connectivity index (χ0) is 14.4. The summed E-state index contributed by atoms with van der Waals surface area (Å²) in [7, 11) is 0. The molecule has 21 heavy (non-hydrogen) atoms. The summed E-state index contributed by atoms with van der Waals surface area (Å²) in [6.07, 6.45) is 9.18. The molecule has 1 aromatic heterocycles. The summed E-state index contributed by atoms with van der Waals surface area (Å²) in [5, 5.41) is 3.45. The van der Waals surface area contributed by atoms with Crippen molar-refractivity contribution in [2.24, 2.45) is 5.92 Å². The van der Waals surface area contributed by atoms with Gasteiger partial charge in [-0.25, -0.2) is 0 Å². The number of rotatable bonds is 3. The maximum atomic E-state index is 5.95. The topological polar surface area (TPSA) is 67.1 Å². The van der Waals surface area contributed by atoms with E-state index < -0.39 is 0 Å². The molecule has 3 atom stereocenters. The molecule has 3 fully saturated rings. The highest BCUT2D eigenvalue weighted by Gasteiger charge is 2.40. The van der Waals surface area contributed by atoms with Crippen molar-refractivity contribution in [3.05, 3.63) is 6.07 Å². The standard InChI is InChI=1S/C16H25N5/c1-10-8-11-4-2-3-5-13(11)21(10)15-9-14(18-12-6-7-12)19-16(17)20-15/h9-13H,2-8H2,1H3,(H3,17,18,19,20). The molecule has 0 aromatic carbocycles. The van der Waals surface area contributed by atoms with Crippen molar-refractivity contribution >= 4 is 17.6 Å². The lowest BCUT2D eigenvalue weighted by atomic mass is 9.85. The van der Waals surface area contributed by atoms with Gasteiger partial charge in [0.25, 0.3) is 0 Å². The van der Waals surface area contributed by atoms with Gasteiger partial charge in [-0.15, -0.1) is 0 Å². The van der Waals surface area contributed by atoms with Crippen LogP contribution in [0.5, 0.6) is 0 Å². The van der Waals surface area contributed by atoms with E-state index in [1.807, 2.05) is 0 Å². The van der Waals surface area contributed by atoms with Gasteiger partial charge in [0, 0.05) is 24.2 Å². The monoisotopic (exact) mass is 287 g/mol. The van der Waals surface area contributed by atoms with Crippen molar-refractivity contribution in [1.82, 2.24) is 9.97 Å². The summed E-state index contributed by atoms with van der Waals surface area (Å²) in [5.41, 5.74) is 5.95. The fraction of sp³-hybridized carbons (Fsp3) is 0.750. The van der Waals surface area contributed by atoms with Crippen molar-refractivity contribution in [2.75, 3.05) is 16.0 Å². The van der Waals surface area contributed by atoms with Crippen LogP contribution in [0.2, 0.25) is 0 Å². The van der Waals surface area contributed by atoms with Gasteiger partial charge in [-0.1, -0.05) is 12.8 Å². The van der Waals surface area contributed by atoms with Crippen LogP contribution in [0.3, 0.4) is 0 Å². The first-order valence-corrected chi connectivity index (χ1v) is 8.40. The molecule has 4 rings (SSSR count). The zero-order valence-electron chi connectivity index (χ0n) is 12.8. The van der Waals surface area contributed by atoms with Gasteiger partial charge in [-0.3, -0.25) is 0 Å². The van der Waals surface area contributed by atoms with Crippen LogP contribution in [-0.2, 0) is 0 Å². The van der Waals surface area contributed by atoms with Gasteiger partial charge in [0.15, 0.2) is 0 Å². The quantitative estimate of drug-likeness (QED) is 0.895. The van der Waals surface area contributed by atoms with Gasteiger partial charge in [-0.05, 0) is 44.9 Å². The average Bonchev–Trinajstić information content (AvgIpc) is 3.18. The molecule has 0 bridgehead atoms. The van der Waals surface area contributed by atoms with E-state index in [1.165, 1.54) is 44.9 Å². The van der Waals surface area contributed by atoms with Crippen LogP contribution in [0.1, 0.15) is 51.9 Å². The Bertz CT molecular complexity index is 527. The Labute approximate surface area is 126 Å².